The van der Waals surface area contributed by atoms with Gasteiger partial charge in [-0.25, -0.2) is 0 Å². The summed E-state index contributed by atoms with van der Waals surface area (Å²) < 4.78 is 5.74. The lowest BCUT2D eigenvalue weighted by Crippen LogP contribution is -2.31. The molecule has 4 heteroatoms. The SMILES string of the molecule is CC(CNCc1cc(Cl)cc2c1OCC2)CN1CCCC1. The van der Waals surface area contributed by atoms with E-state index < -0.39 is 0 Å². The Morgan fingerprint density at radius 3 is 2.95 bits per heavy atom. The van der Waals surface area contributed by atoms with E-state index >= 15 is 0 Å². The summed E-state index contributed by atoms with van der Waals surface area (Å²) in [7, 11) is 0. The highest BCUT2D eigenvalue weighted by molar-refractivity contribution is 6.30. The van der Waals surface area contributed by atoms with Crippen LogP contribution in [0.5, 0.6) is 5.75 Å². The van der Waals surface area contributed by atoms with E-state index in [0.717, 1.165) is 36.9 Å². The predicted molar refractivity (Wildman–Crippen MR) is 87.2 cm³/mol. The molecule has 1 fully saturated rings. The topological polar surface area (TPSA) is 24.5 Å². The van der Waals surface area contributed by atoms with Crippen molar-refractivity contribution >= 4 is 11.6 Å². The van der Waals surface area contributed by atoms with E-state index in [1.807, 2.05) is 12.1 Å². The number of nitrogens with zero attached hydrogens (tertiary/aromatic N) is 1. The summed E-state index contributed by atoms with van der Waals surface area (Å²) in [5.74, 6) is 1.73. The second-order valence-corrected chi connectivity index (χ2v) is 6.83. The smallest absolute Gasteiger partial charge is 0.127 e. The van der Waals surface area contributed by atoms with E-state index in [9.17, 15) is 0 Å². The van der Waals surface area contributed by atoms with Gasteiger partial charge in [-0.2, -0.15) is 0 Å². The molecule has 0 aromatic heterocycles. The highest BCUT2D eigenvalue weighted by Gasteiger charge is 2.18. The van der Waals surface area contributed by atoms with Crippen molar-refractivity contribution in [3.63, 3.8) is 0 Å². The number of hydrogen-bond acceptors (Lipinski definition) is 3. The third-order valence-corrected chi connectivity index (χ3v) is 4.62. The summed E-state index contributed by atoms with van der Waals surface area (Å²) in [4.78, 5) is 2.58. The minimum absolute atomic E-state index is 0.677. The fourth-order valence-corrected chi connectivity index (χ4v) is 3.66. The van der Waals surface area contributed by atoms with Crippen LogP contribution in [0, 0.1) is 5.92 Å². The average Bonchev–Trinajstić information content (AvgIpc) is 3.09. The van der Waals surface area contributed by atoms with Crippen molar-refractivity contribution in [3.05, 3.63) is 28.3 Å². The van der Waals surface area contributed by atoms with Crippen LogP contribution in [0.25, 0.3) is 0 Å². The van der Waals surface area contributed by atoms with E-state index in [2.05, 4.69) is 17.1 Å². The molecule has 0 saturated carbocycles. The van der Waals surface area contributed by atoms with Gasteiger partial charge in [0.2, 0.25) is 0 Å². The van der Waals surface area contributed by atoms with Gasteiger partial charge in [0, 0.05) is 30.1 Å². The van der Waals surface area contributed by atoms with Crippen molar-refractivity contribution in [2.24, 2.45) is 5.92 Å². The van der Waals surface area contributed by atoms with E-state index in [1.165, 1.54) is 43.6 Å². The van der Waals surface area contributed by atoms with Crippen molar-refractivity contribution in [1.82, 2.24) is 10.2 Å². The van der Waals surface area contributed by atoms with E-state index in [0.29, 0.717) is 5.92 Å². The van der Waals surface area contributed by atoms with Gasteiger partial charge in [-0.05, 0) is 56.1 Å². The Labute approximate surface area is 132 Å². The van der Waals surface area contributed by atoms with Gasteiger partial charge in [0.15, 0.2) is 0 Å². The highest BCUT2D eigenvalue weighted by Crippen LogP contribution is 2.32. The van der Waals surface area contributed by atoms with Gasteiger partial charge in [0.25, 0.3) is 0 Å². The normalized spacial score (nSPS) is 19.5. The molecule has 1 aromatic carbocycles. The van der Waals surface area contributed by atoms with Crippen LogP contribution in [-0.2, 0) is 13.0 Å². The van der Waals surface area contributed by atoms with Gasteiger partial charge in [-0.15, -0.1) is 0 Å². The first-order valence-electron chi connectivity index (χ1n) is 8.09. The molecule has 21 heavy (non-hydrogen) atoms. The number of nitrogens with one attached hydrogen (secondary N) is 1. The molecule has 1 aromatic rings. The Bertz CT molecular complexity index is 486. The molecule has 1 saturated heterocycles. The third kappa shape index (κ3) is 3.91. The van der Waals surface area contributed by atoms with Gasteiger partial charge in [-0.3, -0.25) is 0 Å². The number of halogens is 1. The van der Waals surface area contributed by atoms with Crippen LogP contribution in [0.2, 0.25) is 5.02 Å². The molecule has 1 unspecified atom stereocenters. The Morgan fingerprint density at radius 1 is 1.33 bits per heavy atom. The molecule has 2 aliphatic heterocycles. The molecule has 1 atom stereocenters. The van der Waals surface area contributed by atoms with E-state index in [4.69, 9.17) is 16.3 Å². The van der Waals surface area contributed by atoms with Crippen molar-refractivity contribution in [3.8, 4) is 5.75 Å². The second-order valence-electron chi connectivity index (χ2n) is 6.40. The summed E-state index contributed by atoms with van der Waals surface area (Å²) in [5, 5.41) is 4.39. The first-order valence-corrected chi connectivity index (χ1v) is 8.47. The molecule has 3 rings (SSSR count). The zero-order chi connectivity index (χ0) is 14.7. The predicted octanol–water partition coefficient (Wildman–Crippen LogP) is 3.10. The number of likely N-dealkylation sites (tertiary alicyclic amines) is 1. The summed E-state index contributed by atoms with van der Waals surface area (Å²) in [5.41, 5.74) is 2.45. The summed E-state index contributed by atoms with van der Waals surface area (Å²) in [6, 6.07) is 4.06. The number of fused-ring (bicyclic) bond motifs is 1. The standard InChI is InChI=1S/C17H25ClN2O/c1-13(12-20-5-2-3-6-20)10-19-11-15-9-16(18)8-14-4-7-21-17(14)15/h8-9,13,19H,2-7,10-12H2,1H3. The molecular weight excluding hydrogens is 284 g/mol. The second kappa shape index (κ2) is 6.99. The average molecular weight is 309 g/mol. The third-order valence-electron chi connectivity index (χ3n) is 4.40. The zero-order valence-corrected chi connectivity index (χ0v) is 13.6. The molecule has 0 bridgehead atoms. The van der Waals surface area contributed by atoms with Crippen LogP contribution < -0.4 is 10.1 Å². The molecular formula is C17H25ClN2O. The molecule has 0 radical (unpaired) electrons. The maximum atomic E-state index is 6.19. The van der Waals surface area contributed by atoms with Crippen molar-refractivity contribution in [2.75, 3.05) is 32.8 Å². The van der Waals surface area contributed by atoms with Gasteiger partial charge in [-0.1, -0.05) is 18.5 Å². The Morgan fingerprint density at radius 2 is 2.14 bits per heavy atom. The van der Waals surface area contributed by atoms with Crippen LogP contribution in [0.1, 0.15) is 30.9 Å². The number of rotatable bonds is 6. The van der Waals surface area contributed by atoms with Gasteiger partial charge >= 0.3 is 0 Å². The van der Waals surface area contributed by atoms with Gasteiger partial charge < -0.3 is 15.0 Å². The Hall–Kier alpha value is -0.770. The number of hydrogen-bond donors (Lipinski definition) is 1. The highest BCUT2D eigenvalue weighted by atomic mass is 35.5. The fourth-order valence-electron chi connectivity index (χ4n) is 3.40. The van der Waals surface area contributed by atoms with Crippen LogP contribution >= 0.6 is 11.6 Å². The fraction of sp³-hybridized carbons (Fsp3) is 0.647. The molecule has 2 aliphatic rings. The molecule has 1 N–H and O–H groups in total. The minimum atomic E-state index is 0.677. The maximum Gasteiger partial charge on any atom is 0.127 e. The summed E-state index contributed by atoms with van der Waals surface area (Å²) in [6.45, 7) is 8.75. The number of ether oxygens (including phenoxy) is 1. The lowest BCUT2D eigenvalue weighted by atomic mass is 10.1. The quantitative estimate of drug-likeness (QED) is 0.874. The van der Waals surface area contributed by atoms with E-state index in [1.54, 1.807) is 0 Å². The van der Waals surface area contributed by atoms with Crippen molar-refractivity contribution < 1.29 is 4.74 Å². The van der Waals surface area contributed by atoms with E-state index in [-0.39, 0.29) is 0 Å². The summed E-state index contributed by atoms with van der Waals surface area (Å²) in [6.07, 6.45) is 3.71. The number of benzene rings is 1. The van der Waals surface area contributed by atoms with Crippen molar-refractivity contribution in [1.29, 1.82) is 0 Å². The van der Waals surface area contributed by atoms with Crippen LogP contribution in [-0.4, -0.2) is 37.7 Å². The monoisotopic (exact) mass is 308 g/mol. The molecule has 116 valence electrons. The maximum absolute atomic E-state index is 6.19. The summed E-state index contributed by atoms with van der Waals surface area (Å²) >= 11 is 6.19. The first-order chi connectivity index (χ1) is 10.2. The zero-order valence-electron chi connectivity index (χ0n) is 12.8. The first kappa shape index (κ1) is 15.1. The molecule has 0 aliphatic carbocycles. The van der Waals surface area contributed by atoms with Crippen LogP contribution in [0.4, 0.5) is 0 Å². The Kier molecular flexibility index (Phi) is 5.04. The van der Waals surface area contributed by atoms with Crippen molar-refractivity contribution in [2.45, 2.75) is 32.7 Å². The molecule has 2 heterocycles. The molecule has 3 nitrogen and oxygen atoms in total. The Balaban J connectivity index is 1.49. The minimum Gasteiger partial charge on any atom is -0.493 e. The largest absolute Gasteiger partial charge is 0.493 e. The molecule has 0 amide bonds. The lowest BCUT2D eigenvalue weighted by Gasteiger charge is -2.20. The van der Waals surface area contributed by atoms with Crippen LogP contribution in [0.3, 0.4) is 0 Å². The van der Waals surface area contributed by atoms with Crippen LogP contribution in [0.15, 0.2) is 12.1 Å². The lowest BCUT2D eigenvalue weighted by molar-refractivity contribution is 0.282. The molecule has 0 spiro atoms. The van der Waals surface area contributed by atoms with Gasteiger partial charge in [0.1, 0.15) is 5.75 Å². The van der Waals surface area contributed by atoms with Gasteiger partial charge in [0.05, 0.1) is 6.61 Å².